The van der Waals surface area contributed by atoms with Crippen molar-refractivity contribution in [2.75, 3.05) is 13.1 Å². The van der Waals surface area contributed by atoms with Crippen molar-refractivity contribution in [2.45, 2.75) is 38.1 Å². The lowest BCUT2D eigenvalue weighted by Crippen LogP contribution is -2.49. The first-order valence-corrected chi connectivity index (χ1v) is 5.42. The number of β-amino-alcohol motifs (C(OH)–C–C–N with tert-alkyl or cyclic N) is 1. The molecule has 3 unspecified atom stereocenters. The highest BCUT2D eigenvalue weighted by Gasteiger charge is 2.58. The number of nitrogens with two attached hydrogens (primary N) is 1. The zero-order chi connectivity index (χ0) is 13.4. The second kappa shape index (κ2) is 5.63. The average Bonchev–Trinajstić information content (AvgIpc) is 2.59. The van der Waals surface area contributed by atoms with E-state index in [1.54, 1.807) is 13.8 Å². The van der Waals surface area contributed by atoms with Crippen LogP contribution in [0.15, 0.2) is 0 Å². The van der Waals surface area contributed by atoms with Gasteiger partial charge in [0.1, 0.15) is 0 Å². The molecule has 108 valence electrons. The van der Waals surface area contributed by atoms with Gasteiger partial charge in [-0.25, -0.2) is 0 Å². The fraction of sp³-hybridized carbons (Fsp3) is 0.900. The molecule has 0 saturated carbocycles. The molecule has 1 rings (SSSR count). The molecular weight excluding hydrogens is 273 g/mol. The summed E-state index contributed by atoms with van der Waals surface area (Å²) >= 11 is 0. The number of likely N-dealkylation sites (tertiary alicyclic amines) is 1. The summed E-state index contributed by atoms with van der Waals surface area (Å²) in [6, 6.07) is -0.429. The molecule has 8 heteroatoms. The van der Waals surface area contributed by atoms with Gasteiger partial charge in [-0.3, -0.25) is 4.79 Å². The molecule has 0 aliphatic carbocycles. The Kier molecular flexibility index (Phi) is 5.46. The third-order valence-electron chi connectivity index (χ3n) is 3.27. The molecule has 0 bridgehead atoms. The lowest BCUT2D eigenvalue weighted by Gasteiger charge is -2.27. The van der Waals surface area contributed by atoms with E-state index in [2.05, 4.69) is 0 Å². The Morgan fingerprint density at radius 1 is 1.44 bits per heavy atom. The summed E-state index contributed by atoms with van der Waals surface area (Å²) < 4.78 is 37.6. The highest BCUT2D eigenvalue weighted by Crippen LogP contribution is 2.37. The first-order valence-electron chi connectivity index (χ1n) is 5.42. The maximum Gasteiger partial charge on any atom is 0.419 e. The highest BCUT2D eigenvalue weighted by molar-refractivity contribution is 5.85. The van der Waals surface area contributed by atoms with E-state index in [1.807, 2.05) is 0 Å². The molecule has 1 heterocycles. The van der Waals surface area contributed by atoms with Gasteiger partial charge in [-0.05, 0) is 6.92 Å². The Hall–Kier alpha value is -0.530. The Balaban J connectivity index is 0.00000289. The summed E-state index contributed by atoms with van der Waals surface area (Å²) in [7, 11) is 0. The second-order valence-corrected chi connectivity index (χ2v) is 4.69. The van der Waals surface area contributed by atoms with Gasteiger partial charge in [-0.1, -0.05) is 6.92 Å². The molecular formula is C10H18ClF3N2O2. The Bertz CT molecular complexity index is 312. The van der Waals surface area contributed by atoms with Crippen LogP contribution in [0.3, 0.4) is 0 Å². The van der Waals surface area contributed by atoms with Gasteiger partial charge < -0.3 is 15.7 Å². The van der Waals surface area contributed by atoms with E-state index in [9.17, 15) is 23.1 Å². The maximum atomic E-state index is 12.5. The number of rotatable bonds is 2. The molecule has 1 amide bonds. The van der Waals surface area contributed by atoms with E-state index in [-0.39, 0.29) is 19.0 Å². The number of alkyl halides is 3. The molecule has 1 saturated heterocycles. The van der Waals surface area contributed by atoms with Crippen molar-refractivity contribution < 1.29 is 23.1 Å². The molecule has 3 N–H and O–H groups in total. The van der Waals surface area contributed by atoms with Crippen LogP contribution in [0.25, 0.3) is 0 Å². The summed E-state index contributed by atoms with van der Waals surface area (Å²) in [6.45, 7) is 2.39. The van der Waals surface area contributed by atoms with Crippen molar-refractivity contribution in [3.63, 3.8) is 0 Å². The summed E-state index contributed by atoms with van der Waals surface area (Å²) in [5, 5.41) is 9.42. The lowest BCUT2D eigenvalue weighted by molar-refractivity contribution is -0.253. The van der Waals surface area contributed by atoms with Crippen molar-refractivity contribution in [1.82, 2.24) is 4.90 Å². The number of hydrogen-bond acceptors (Lipinski definition) is 3. The fourth-order valence-corrected chi connectivity index (χ4v) is 1.73. The van der Waals surface area contributed by atoms with Gasteiger partial charge >= 0.3 is 6.18 Å². The minimum absolute atomic E-state index is 0. The smallest absolute Gasteiger partial charge is 0.379 e. The number of aliphatic hydroxyl groups is 1. The molecule has 1 fully saturated rings. The highest BCUT2D eigenvalue weighted by atomic mass is 35.5. The molecule has 0 aromatic heterocycles. The zero-order valence-electron chi connectivity index (χ0n) is 10.2. The van der Waals surface area contributed by atoms with Gasteiger partial charge in [0.25, 0.3) is 0 Å². The van der Waals surface area contributed by atoms with Crippen LogP contribution in [-0.2, 0) is 4.79 Å². The van der Waals surface area contributed by atoms with E-state index in [0.717, 1.165) is 4.90 Å². The standard InChI is InChI=1S/C10H17F3N2O2.ClH/c1-6(7(2)14)8(16)15-4-3-9(17,5-15)10(11,12)13;/h6-7,17H,3-5,14H2,1-2H3;1H. The third-order valence-corrected chi connectivity index (χ3v) is 3.27. The van der Waals surface area contributed by atoms with E-state index in [1.165, 1.54) is 0 Å². The molecule has 1 aliphatic rings. The van der Waals surface area contributed by atoms with Crippen LogP contribution in [0.2, 0.25) is 0 Å². The van der Waals surface area contributed by atoms with Gasteiger partial charge in [0.15, 0.2) is 5.60 Å². The lowest BCUT2D eigenvalue weighted by atomic mass is 10.0. The van der Waals surface area contributed by atoms with Crippen LogP contribution in [-0.4, -0.2) is 46.8 Å². The molecule has 0 radical (unpaired) electrons. The molecule has 4 nitrogen and oxygen atoms in total. The number of amides is 1. The Morgan fingerprint density at radius 3 is 2.28 bits per heavy atom. The minimum atomic E-state index is -4.71. The molecule has 0 spiro atoms. The van der Waals surface area contributed by atoms with Crippen LogP contribution in [0.5, 0.6) is 0 Å². The van der Waals surface area contributed by atoms with Gasteiger partial charge in [0, 0.05) is 19.0 Å². The number of carbonyl (C=O) groups excluding carboxylic acids is 1. The van der Waals surface area contributed by atoms with Crippen molar-refractivity contribution in [2.24, 2.45) is 11.7 Å². The van der Waals surface area contributed by atoms with Crippen LogP contribution >= 0.6 is 12.4 Å². The van der Waals surface area contributed by atoms with Gasteiger partial charge in [0.2, 0.25) is 5.91 Å². The van der Waals surface area contributed by atoms with Crippen LogP contribution < -0.4 is 5.73 Å². The topological polar surface area (TPSA) is 66.6 Å². The zero-order valence-corrected chi connectivity index (χ0v) is 11.0. The van der Waals surface area contributed by atoms with E-state index in [4.69, 9.17) is 5.73 Å². The summed E-state index contributed by atoms with van der Waals surface area (Å²) in [5.74, 6) is -0.995. The monoisotopic (exact) mass is 290 g/mol. The summed E-state index contributed by atoms with van der Waals surface area (Å²) in [4.78, 5) is 12.8. The van der Waals surface area contributed by atoms with E-state index in [0.29, 0.717) is 0 Å². The summed E-state index contributed by atoms with van der Waals surface area (Å²) in [5.41, 5.74) is 2.75. The quantitative estimate of drug-likeness (QED) is 0.795. The summed E-state index contributed by atoms with van der Waals surface area (Å²) in [6.07, 6.45) is -5.19. The fourth-order valence-electron chi connectivity index (χ4n) is 1.73. The Morgan fingerprint density at radius 2 is 1.94 bits per heavy atom. The molecule has 3 atom stereocenters. The number of hydrogen-bond donors (Lipinski definition) is 2. The number of halogens is 4. The van der Waals surface area contributed by atoms with Crippen LogP contribution in [0.1, 0.15) is 20.3 Å². The third kappa shape index (κ3) is 3.27. The first-order chi connectivity index (χ1) is 7.58. The van der Waals surface area contributed by atoms with Crippen molar-refractivity contribution in [3.05, 3.63) is 0 Å². The van der Waals surface area contributed by atoms with Gasteiger partial charge in [0.05, 0.1) is 12.5 Å². The molecule has 0 aromatic carbocycles. The maximum absolute atomic E-state index is 12.5. The predicted octanol–water partition coefficient (Wildman–Crippen LogP) is 0.917. The minimum Gasteiger partial charge on any atom is -0.379 e. The van der Waals surface area contributed by atoms with Crippen LogP contribution in [0.4, 0.5) is 13.2 Å². The molecule has 0 aromatic rings. The van der Waals surface area contributed by atoms with Crippen molar-refractivity contribution >= 4 is 18.3 Å². The van der Waals surface area contributed by atoms with Crippen molar-refractivity contribution in [1.29, 1.82) is 0 Å². The SMILES string of the molecule is CC(N)C(C)C(=O)N1CCC(O)(C(F)(F)F)C1.Cl. The van der Waals surface area contributed by atoms with Crippen LogP contribution in [0, 0.1) is 5.92 Å². The number of carbonyl (C=O) groups is 1. The van der Waals surface area contributed by atoms with E-state index >= 15 is 0 Å². The van der Waals surface area contributed by atoms with E-state index < -0.39 is 42.6 Å². The Labute approximate surface area is 110 Å². The number of nitrogens with zero attached hydrogens (tertiary/aromatic N) is 1. The molecule has 18 heavy (non-hydrogen) atoms. The van der Waals surface area contributed by atoms with Gasteiger partial charge in [-0.15, -0.1) is 12.4 Å². The molecule has 1 aliphatic heterocycles. The second-order valence-electron chi connectivity index (χ2n) is 4.69. The largest absolute Gasteiger partial charge is 0.419 e. The average molecular weight is 291 g/mol. The predicted molar refractivity (Wildman–Crippen MR) is 62.3 cm³/mol. The van der Waals surface area contributed by atoms with Gasteiger partial charge in [-0.2, -0.15) is 13.2 Å². The normalized spacial score (nSPS) is 27.6. The first kappa shape index (κ1) is 17.5. The van der Waals surface area contributed by atoms with Crippen molar-refractivity contribution in [3.8, 4) is 0 Å².